The van der Waals surface area contributed by atoms with E-state index in [1.807, 2.05) is 13.2 Å². The molecular weight excluding hydrogens is 258 g/mol. The van der Waals surface area contributed by atoms with Gasteiger partial charge in [0.05, 0.1) is 11.7 Å². The number of fused-ring (bicyclic) bond motifs is 1. The summed E-state index contributed by atoms with van der Waals surface area (Å²) in [5.41, 5.74) is 5.13. The van der Waals surface area contributed by atoms with E-state index < -0.39 is 0 Å². The molecule has 1 heterocycles. The number of aromatic amines is 1. The summed E-state index contributed by atoms with van der Waals surface area (Å²) in [6.07, 6.45) is 3.00. The van der Waals surface area contributed by atoms with Gasteiger partial charge < -0.3 is 5.32 Å². The molecule has 1 atom stereocenters. The number of nitrogens with one attached hydrogen (secondary N) is 2. The van der Waals surface area contributed by atoms with Crippen LogP contribution in [0, 0.1) is 6.92 Å². The molecule has 108 valence electrons. The Bertz CT molecular complexity index is 716. The van der Waals surface area contributed by atoms with Crippen LogP contribution in [0.25, 0.3) is 10.9 Å². The summed E-state index contributed by atoms with van der Waals surface area (Å²) in [5, 5.41) is 11.7. The van der Waals surface area contributed by atoms with Crippen LogP contribution >= 0.6 is 0 Å². The Hall–Kier alpha value is -2.13. The summed E-state index contributed by atoms with van der Waals surface area (Å²) in [4.78, 5) is 0. The summed E-state index contributed by atoms with van der Waals surface area (Å²) in [7, 11) is 2.01. The molecule has 21 heavy (non-hydrogen) atoms. The fourth-order valence-electron chi connectivity index (χ4n) is 2.97. The first kappa shape index (κ1) is 13.8. The molecule has 3 nitrogen and oxygen atoms in total. The quantitative estimate of drug-likeness (QED) is 0.749. The number of aromatic nitrogens is 2. The first-order chi connectivity index (χ1) is 10.3. The van der Waals surface area contributed by atoms with Gasteiger partial charge in [0, 0.05) is 11.3 Å². The molecule has 0 saturated heterocycles. The molecule has 1 aromatic heterocycles. The molecule has 0 fully saturated rings. The van der Waals surface area contributed by atoms with E-state index in [0.717, 1.165) is 18.5 Å². The first-order valence-electron chi connectivity index (χ1n) is 7.43. The standard InChI is InChI=1S/C18H21N3/c1-13-10-15(11-16-12-20-21-18(13)16)17(8-9-19-2)14-6-4-3-5-7-14/h3-7,10-12,17,19H,8-9H2,1-2H3,(H,20,21). The van der Waals surface area contributed by atoms with Gasteiger partial charge in [-0.25, -0.2) is 0 Å². The zero-order chi connectivity index (χ0) is 14.7. The van der Waals surface area contributed by atoms with Gasteiger partial charge in [0.25, 0.3) is 0 Å². The Kier molecular flexibility index (Phi) is 4.02. The Morgan fingerprint density at radius 3 is 2.71 bits per heavy atom. The zero-order valence-corrected chi connectivity index (χ0v) is 12.6. The van der Waals surface area contributed by atoms with Gasteiger partial charge in [-0.15, -0.1) is 0 Å². The summed E-state index contributed by atoms with van der Waals surface area (Å²) in [6.45, 7) is 3.15. The van der Waals surface area contributed by atoms with Crippen molar-refractivity contribution >= 4 is 10.9 Å². The van der Waals surface area contributed by atoms with E-state index in [2.05, 4.69) is 64.9 Å². The largest absolute Gasteiger partial charge is 0.320 e. The summed E-state index contributed by atoms with van der Waals surface area (Å²) in [5.74, 6) is 0.414. The highest BCUT2D eigenvalue weighted by molar-refractivity contribution is 5.82. The predicted octanol–water partition coefficient (Wildman–Crippen LogP) is 3.61. The van der Waals surface area contributed by atoms with E-state index in [1.165, 1.54) is 22.1 Å². The molecule has 0 saturated carbocycles. The number of aryl methyl sites for hydroxylation is 1. The summed E-state index contributed by atoms with van der Waals surface area (Å²) >= 11 is 0. The summed E-state index contributed by atoms with van der Waals surface area (Å²) < 4.78 is 0. The maximum atomic E-state index is 4.16. The van der Waals surface area contributed by atoms with Crippen LogP contribution in [0.4, 0.5) is 0 Å². The van der Waals surface area contributed by atoms with Crippen LogP contribution in [-0.2, 0) is 0 Å². The molecule has 0 aliphatic heterocycles. The van der Waals surface area contributed by atoms with Crippen molar-refractivity contribution in [3.8, 4) is 0 Å². The number of H-pyrrole nitrogens is 1. The average Bonchev–Trinajstić information content (AvgIpc) is 2.98. The van der Waals surface area contributed by atoms with Crippen LogP contribution in [0.3, 0.4) is 0 Å². The van der Waals surface area contributed by atoms with Gasteiger partial charge in [-0.3, -0.25) is 5.10 Å². The van der Waals surface area contributed by atoms with E-state index in [0.29, 0.717) is 5.92 Å². The topological polar surface area (TPSA) is 40.7 Å². The highest BCUT2D eigenvalue weighted by Gasteiger charge is 2.15. The zero-order valence-electron chi connectivity index (χ0n) is 12.6. The third-order valence-corrected chi connectivity index (χ3v) is 4.06. The van der Waals surface area contributed by atoms with Crippen LogP contribution in [0.5, 0.6) is 0 Å². The molecular formula is C18H21N3. The molecule has 2 N–H and O–H groups in total. The van der Waals surface area contributed by atoms with Gasteiger partial charge in [0.1, 0.15) is 0 Å². The Morgan fingerprint density at radius 1 is 1.14 bits per heavy atom. The van der Waals surface area contributed by atoms with Gasteiger partial charge in [-0.05, 0) is 49.7 Å². The van der Waals surface area contributed by atoms with Gasteiger partial charge in [0.2, 0.25) is 0 Å². The van der Waals surface area contributed by atoms with Crippen molar-refractivity contribution in [2.45, 2.75) is 19.3 Å². The number of benzene rings is 2. The molecule has 0 amide bonds. The Balaban J connectivity index is 2.05. The van der Waals surface area contributed by atoms with E-state index in [1.54, 1.807) is 0 Å². The smallest absolute Gasteiger partial charge is 0.0679 e. The van der Waals surface area contributed by atoms with Crippen molar-refractivity contribution in [1.82, 2.24) is 15.5 Å². The SMILES string of the molecule is CNCCC(c1ccccc1)c1cc(C)c2[nH]ncc2c1. The van der Waals surface area contributed by atoms with Crippen molar-refractivity contribution in [3.63, 3.8) is 0 Å². The monoisotopic (exact) mass is 279 g/mol. The fourth-order valence-corrected chi connectivity index (χ4v) is 2.97. The van der Waals surface area contributed by atoms with Crippen molar-refractivity contribution in [2.75, 3.05) is 13.6 Å². The predicted molar refractivity (Wildman–Crippen MR) is 87.7 cm³/mol. The van der Waals surface area contributed by atoms with Crippen molar-refractivity contribution < 1.29 is 0 Å². The van der Waals surface area contributed by atoms with Gasteiger partial charge in [0.15, 0.2) is 0 Å². The second-order valence-corrected chi connectivity index (χ2v) is 5.53. The second kappa shape index (κ2) is 6.10. The first-order valence-corrected chi connectivity index (χ1v) is 7.43. The third-order valence-electron chi connectivity index (χ3n) is 4.06. The third kappa shape index (κ3) is 2.83. The molecule has 1 unspecified atom stereocenters. The lowest BCUT2D eigenvalue weighted by Crippen LogP contribution is -2.13. The van der Waals surface area contributed by atoms with E-state index in [9.17, 15) is 0 Å². The van der Waals surface area contributed by atoms with Gasteiger partial charge in [-0.1, -0.05) is 36.4 Å². The minimum absolute atomic E-state index is 0.414. The van der Waals surface area contributed by atoms with Crippen LogP contribution < -0.4 is 5.32 Å². The lowest BCUT2D eigenvalue weighted by Gasteiger charge is -2.19. The maximum absolute atomic E-state index is 4.16. The molecule has 3 heteroatoms. The highest BCUT2D eigenvalue weighted by atomic mass is 15.1. The minimum Gasteiger partial charge on any atom is -0.320 e. The van der Waals surface area contributed by atoms with Crippen molar-refractivity contribution in [1.29, 1.82) is 0 Å². The lowest BCUT2D eigenvalue weighted by atomic mass is 9.87. The van der Waals surface area contributed by atoms with Crippen molar-refractivity contribution in [3.05, 3.63) is 65.4 Å². The Morgan fingerprint density at radius 2 is 1.95 bits per heavy atom. The van der Waals surface area contributed by atoms with Crippen LogP contribution in [0.1, 0.15) is 29.0 Å². The second-order valence-electron chi connectivity index (χ2n) is 5.53. The Labute approximate surface area is 125 Å². The molecule has 0 bridgehead atoms. The lowest BCUT2D eigenvalue weighted by molar-refractivity contribution is 0.662. The normalized spacial score (nSPS) is 12.7. The van der Waals surface area contributed by atoms with Gasteiger partial charge in [-0.2, -0.15) is 5.10 Å². The molecule has 0 aliphatic carbocycles. The van der Waals surface area contributed by atoms with E-state index in [-0.39, 0.29) is 0 Å². The van der Waals surface area contributed by atoms with Crippen molar-refractivity contribution in [2.24, 2.45) is 0 Å². The van der Waals surface area contributed by atoms with E-state index >= 15 is 0 Å². The average molecular weight is 279 g/mol. The molecule has 3 aromatic rings. The number of rotatable bonds is 5. The van der Waals surface area contributed by atoms with Crippen LogP contribution in [0.2, 0.25) is 0 Å². The number of hydrogen-bond donors (Lipinski definition) is 2. The van der Waals surface area contributed by atoms with Crippen LogP contribution in [-0.4, -0.2) is 23.8 Å². The minimum atomic E-state index is 0.414. The van der Waals surface area contributed by atoms with Crippen LogP contribution in [0.15, 0.2) is 48.7 Å². The van der Waals surface area contributed by atoms with Gasteiger partial charge >= 0.3 is 0 Å². The van der Waals surface area contributed by atoms with E-state index in [4.69, 9.17) is 0 Å². The fraction of sp³-hybridized carbons (Fsp3) is 0.278. The molecule has 3 rings (SSSR count). The number of hydrogen-bond acceptors (Lipinski definition) is 2. The molecule has 0 radical (unpaired) electrons. The molecule has 0 spiro atoms. The maximum Gasteiger partial charge on any atom is 0.0679 e. The molecule has 0 aliphatic rings. The number of nitrogens with zero attached hydrogens (tertiary/aromatic N) is 1. The molecule has 2 aromatic carbocycles. The summed E-state index contributed by atoms with van der Waals surface area (Å²) in [6, 6.07) is 15.3. The highest BCUT2D eigenvalue weighted by Crippen LogP contribution is 2.31.